The number of aromatic hydroxyl groups is 4. The SMILES string of the molecule is COc1cc2c(cc1OC)C1Cc3cc(O)c(O)cc3C(C)N1CC2.COc1cc2c(cc1OC)C1Cc3cc(O)c(O)cc3CN1CC2.COc1cc2c(cc1OC)C1Cc3cc(OC)c(OC)c(OC)c3C(C)N1CC2.COc1cc2c(cc1OC)C1Cc3cc4c(cc3C(C)N1CC2)OCO4.COc1cc2c(cc1OC)CN1CCc3cc4c(cc3C1C2)OCO4. The zero-order valence-electron chi connectivity index (χ0n) is 76.5. The third kappa shape index (κ3) is 15.9. The van der Waals surface area contributed by atoms with Gasteiger partial charge in [0.05, 0.1) is 92.4 Å². The van der Waals surface area contributed by atoms with Gasteiger partial charge in [-0.15, -0.1) is 0 Å². The molecule has 12 aliphatic heterocycles. The van der Waals surface area contributed by atoms with Crippen molar-refractivity contribution in [3.8, 4) is 121 Å². The van der Waals surface area contributed by atoms with Gasteiger partial charge >= 0.3 is 0 Å². The highest BCUT2D eigenvalue weighted by atomic mass is 16.7. The van der Waals surface area contributed by atoms with Gasteiger partial charge in [-0.05, 0) is 306 Å². The average Bonchev–Trinajstić information content (AvgIpc) is 1.27. The number of fused-ring (bicyclic) bond motifs is 22. The summed E-state index contributed by atoms with van der Waals surface area (Å²) in [6, 6.07) is 40.9. The van der Waals surface area contributed by atoms with Crippen LogP contribution in [0, 0.1) is 0 Å². The monoisotopic (exact) mass is 1760 g/mol. The molecule has 129 heavy (non-hydrogen) atoms. The number of methoxy groups -OCH3 is 13. The Labute approximate surface area is 753 Å². The molecule has 8 atom stereocenters. The van der Waals surface area contributed by atoms with Gasteiger partial charge in [-0.3, -0.25) is 24.5 Å². The average molecular weight is 1760 g/mol. The van der Waals surface area contributed by atoms with Crippen LogP contribution in [0.5, 0.6) is 121 Å². The first kappa shape index (κ1) is 87.5. The van der Waals surface area contributed by atoms with Crippen LogP contribution in [-0.2, 0) is 77.3 Å². The minimum absolute atomic E-state index is 0.0454. The van der Waals surface area contributed by atoms with Crippen molar-refractivity contribution in [3.63, 3.8) is 0 Å². The van der Waals surface area contributed by atoms with Gasteiger partial charge in [-0.2, -0.15) is 0 Å². The summed E-state index contributed by atoms with van der Waals surface area (Å²) >= 11 is 0. The summed E-state index contributed by atoms with van der Waals surface area (Å²) in [6.07, 6.45) is 9.39. The van der Waals surface area contributed by atoms with Gasteiger partial charge in [0.2, 0.25) is 19.3 Å². The number of rotatable bonds is 13. The molecule has 26 heteroatoms. The first-order chi connectivity index (χ1) is 62.7. The molecule has 0 radical (unpaired) electrons. The van der Waals surface area contributed by atoms with Gasteiger partial charge < -0.3 is 101 Å². The summed E-state index contributed by atoms with van der Waals surface area (Å²) in [7, 11) is 21.8. The maximum Gasteiger partial charge on any atom is 0.231 e. The van der Waals surface area contributed by atoms with Crippen molar-refractivity contribution in [2.24, 2.45) is 0 Å². The molecule has 10 aromatic rings. The van der Waals surface area contributed by atoms with Crippen LogP contribution in [0.2, 0.25) is 0 Å². The highest BCUT2D eigenvalue weighted by molar-refractivity contribution is 5.64. The Morgan fingerprint density at radius 1 is 0.240 bits per heavy atom. The number of ether oxygens (including phenoxy) is 17. The van der Waals surface area contributed by atoms with E-state index in [4.69, 9.17) is 80.5 Å². The molecule has 0 saturated carbocycles. The normalized spacial score (nSPS) is 21.0. The third-order valence-corrected chi connectivity index (χ3v) is 28.8. The van der Waals surface area contributed by atoms with Crippen molar-refractivity contribution in [1.82, 2.24) is 24.5 Å². The first-order valence-electron chi connectivity index (χ1n) is 44.4. The van der Waals surface area contributed by atoms with Crippen LogP contribution in [0.25, 0.3) is 0 Å². The zero-order chi connectivity index (χ0) is 90.1. The summed E-state index contributed by atoms with van der Waals surface area (Å²) < 4.78 is 94.3. The van der Waals surface area contributed by atoms with Crippen LogP contribution in [0.3, 0.4) is 0 Å². The molecular formula is C103H117N5O21. The van der Waals surface area contributed by atoms with Crippen molar-refractivity contribution in [1.29, 1.82) is 0 Å². The minimum atomic E-state index is -0.0530. The Balaban J connectivity index is 0.000000109. The lowest BCUT2D eigenvalue weighted by Gasteiger charge is -2.46. The first-order valence-corrected chi connectivity index (χ1v) is 44.4. The van der Waals surface area contributed by atoms with Crippen LogP contribution >= 0.6 is 0 Å². The molecule has 12 heterocycles. The number of phenolic OH excluding ortho intramolecular Hbond substituents is 4. The van der Waals surface area contributed by atoms with Crippen molar-refractivity contribution in [2.45, 2.75) is 146 Å². The number of nitrogens with zero attached hydrogens (tertiary/aromatic N) is 5. The standard InChI is InChI=1S/C23H29NO5.C21H23NO4.C20H21NO4.C20H23NO4.C19H21NO4/c1-13-21-15(11-20(27-4)22(28-5)23(21)29-6)9-17-16-12-19(26-3)18(25-2)10-14(16)7-8-24(13)17;1-12-15-9-21-20(25-11-26-21)8-14(15)6-17-16-10-19(24-3)18(23-2)7-13(16)4-5-22(12)17;1-22-17-7-13-5-16-15-9-20-19(24-11-25-20)6-12(15)3-4-21(16)10-14(13)8-18(17)23-2;1-11-14-9-18(23)17(22)7-13(14)6-16-15-10-20(25-3)19(24-2)8-12(15)4-5-21(11)16;1-23-18-8-11-3-4-20-10-13-7-17(22)16(21)6-12(13)5-15(20)14(11)9-19(18)24-2/h10-13,17H,7-9H2,1-6H3;7-10,12,17H,4-6,11H2,1-3H3;6-9,16H,3-5,10-11H2,1-2H3;7-11,16,22-23H,4-6H2,1-3H3;6-9,15,21-22H,3-5,10H2,1-2H3. The highest BCUT2D eigenvalue weighted by Crippen LogP contribution is 2.57. The largest absolute Gasteiger partial charge is 0.504 e. The molecule has 4 N–H and O–H groups in total. The van der Waals surface area contributed by atoms with Crippen LogP contribution in [0.15, 0.2) is 115 Å². The molecule has 0 fully saturated rings. The molecule has 0 spiro atoms. The Bertz CT molecular complexity index is 5940. The molecule has 680 valence electrons. The summed E-state index contributed by atoms with van der Waals surface area (Å²) in [5.41, 5.74) is 25.4. The van der Waals surface area contributed by atoms with Crippen molar-refractivity contribution >= 4 is 0 Å². The smallest absolute Gasteiger partial charge is 0.231 e. The van der Waals surface area contributed by atoms with E-state index < -0.39 is 0 Å². The molecule has 8 unspecified atom stereocenters. The topological polar surface area (TPSA) is 254 Å². The Kier molecular flexibility index (Phi) is 24.7. The third-order valence-electron chi connectivity index (χ3n) is 28.8. The fraction of sp³-hybridized carbons (Fsp3) is 0.417. The summed E-state index contributed by atoms with van der Waals surface area (Å²) in [4.78, 5) is 12.6. The van der Waals surface area contributed by atoms with Gasteiger partial charge in [-0.25, -0.2) is 0 Å². The van der Waals surface area contributed by atoms with Gasteiger partial charge in [0.15, 0.2) is 115 Å². The second-order valence-corrected chi connectivity index (χ2v) is 34.8. The Hall–Kier alpha value is -12.2. The van der Waals surface area contributed by atoms with E-state index >= 15 is 0 Å². The van der Waals surface area contributed by atoms with Crippen molar-refractivity contribution in [2.75, 3.05) is 139 Å². The van der Waals surface area contributed by atoms with Gasteiger partial charge in [0.25, 0.3) is 0 Å². The van der Waals surface area contributed by atoms with E-state index in [9.17, 15) is 20.4 Å². The molecular weight excluding hydrogens is 1640 g/mol. The molecule has 0 saturated heterocycles. The lowest BCUT2D eigenvalue weighted by atomic mass is 9.80. The van der Waals surface area contributed by atoms with E-state index in [1.54, 1.807) is 117 Å². The quantitative estimate of drug-likeness (QED) is 0.0783. The van der Waals surface area contributed by atoms with E-state index in [-0.39, 0.29) is 53.2 Å². The van der Waals surface area contributed by atoms with Crippen LogP contribution in [0.1, 0.15) is 180 Å². The maximum atomic E-state index is 9.90. The lowest BCUT2D eigenvalue weighted by molar-refractivity contribution is 0.114. The van der Waals surface area contributed by atoms with Crippen LogP contribution in [-0.4, -0.2) is 184 Å². The minimum Gasteiger partial charge on any atom is -0.504 e. The number of benzene rings is 10. The van der Waals surface area contributed by atoms with Gasteiger partial charge in [0, 0.05) is 99.7 Å². The number of hydrogen-bond acceptors (Lipinski definition) is 26. The summed E-state index contributed by atoms with van der Waals surface area (Å²) in [6.45, 7) is 14.1. The van der Waals surface area contributed by atoms with E-state index in [0.29, 0.717) is 43.2 Å². The van der Waals surface area contributed by atoms with Gasteiger partial charge in [0.1, 0.15) is 0 Å². The van der Waals surface area contributed by atoms with E-state index in [2.05, 4.69) is 136 Å². The molecule has 10 aromatic carbocycles. The predicted molar refractivity (Wildman–Crippen MR) is 485 cm³/mol. The highest BCUT2D eigenvalue weighted by Gasteiger charge is 2.45. The molecule has 0 amide bonds. The zero-order valence-corrected chi connectivity index (χ0v) is 76.5. The molecule has 22 rings (SSSR count). The number of phenols is 4. The van der Waals surface area contributed by atoms with E-state index in [1.807, 2.05) is 0 Å². The van der Waals surface area contributed by atoms with Crippen LogP contribution < -0.4 is 80.5 Å². The van der Waals surface area contributed by atoms with Crippen molar-refractivity contribution in [3.05, 3.63) is 227 Å². The van der Waals surface area contributed by atoms with E-state index in [1.165, 1.54) is 89.0 Å². The maximum absolute atomic E-state index is 9.90. The molecule has 0 bridgehead atoms. The van der Waals surface area contributed by atoms with Crippen LogP contribution in [0.4, 0.5) is 0 Å². The summed E-state index contributed by atoms with van der Waals surface area (Å²) in [5, 5.41) is 39.4. The molecule has 0 aromatic heterocycles. The molecule has 26 nitrogen and oxygen atoms in total. The Morgan fingerprint density at radius 2 is 0.512 bits per heavy atom. The summed E-state index contributed by atoms with van der Waals surface area (Å²) in [5.74, 6) is 13.2. The molecule has 12 aliphatic rings. The number of hydrogen-bond donors (Lipinski definition) is 4. The Morgan fingerprint density at radius 3 is 0.930 bits per heavy atom. The fourth-order valence-electron chi connectivity index (χ4n) is 22.2. The fourth-order valence-corrected chi connectivity index (χ4v) is 22.2. The van der Waals surface area contributed by atoms with E-state index in [0.717, 1.165) is 219 Å². The predicted octanol–water partition coefficient (Wildman–Crippen LogP) is 16.8. The van der Waals surface area contributed by atoms with Gasteiger partial charge in [-0.1, -0.05) is 0 Å². The second kappa shape index (κ2) is 36.4. The van der Waals surface area contributed by atoms with Crippen molar-refractivity contribution < 1.29 is 101 Å². The molecule has 0 aliphatic carbocycles. The second-order valence-electron chi connectivity index (χ2n) is 34.8. The lowest BCUT2D eigenvalue weighted by Crippen LogP contribution is -2.42.